The highest BCUT2D eigenvalue weighted by atomic mass is 16.5. The number of hydrogen-bond donors (Lipinski definition) is 1. The van der Waals surface area contributed by atoms with Crippen molar-refractivity contribution >= 4 is 5.69 Å². The van der Waals surface area contributed by atoms with Crippen LogP contribution in [0.3, 0.4) is 0 Å². The van der Waals surface area contributed by atoms with Crippen molar-refractivity contribution in [2.75, 3.05) is 6.61 Å². The average molecular weight is 150 g/mol. The van der Waals surface area contributed by atoms with Crippen LogP contribution >= 0.6 is 0 Å². The number of ether oxygens (including phenoxy) is 1. The summed E-state index contributed by atoms with van der Waals surface area (Å²) in [7, 11) is 0. The first-order valence-electron chi connectivity index (χ1n) is 3.47. The van der Waals surface area contributed by atoms with Crippen molar-refractivity contribution in [2.24, 2.45) is 5.11 Å². The molecule has 1 aromatic carbocycles. The first-order valence-corrected chi connectivity index (χ1v) is 3.47. The predicted molar refractivity (Wildman–Crippen MR) is 42.4 cm³/mol. The van der Waals surface area contributed by atoms with Gasteiger partial charge in [0.15, 0.2) is 0 Å². The third kappa shape index (κ3) is 1.77. The molecule has 0 heterocycles. The number of nitrogens with one attached hydrogen (secondary N) is 1. The van der Waals surface area contributed by atoms with E-state index in [0.29, 0.717) is 18.0 Å². The van der Waals surface area contributed by atoms with Gasteiger partial charge in [-0.1, -0.05) is 12.1 Å². The Morgan fingerprint density at radius 2 is 2.18 bits per heavy atom. The van der Waals surface area contributed by atoms with E-state index in [9.17, 15) is 0 Å². The lowest BCUT2D eigenvalue weighted by molar-refractivity contribution is 0.341. The Morgan fingerprint density at radius 1 is 1.45 bits per heavy atom. The highest BCUT2D eigenvalue weighted by molar-refractivity contribution is 5.50. The van der Waals surface area contributed by atoms with Crippen molar-refractivity contribution in [1.29, 1.82) is 5.53 Å². The molecule has 1 rings (SSSR count). The van der Waals surface area contributed by atoms with Gasteiger partial charge in [0, 0.05) is 0 Å². The molecule has 58 valence electrons. The van der Waals surface area contributed by atoms with Crippen LogP contribution in [0.1, 0.15) is 6.92 Å². The Bertz CT molecular complexity index is 248. The predicted octanol–water partition coefficient (Wildman–Crippen LogP) is 2.75. The molecule has 0 aliphatic heterocycles. The molecule has 0 aromatic heterocycles. The summed E-state index contributed by atoms with van der Waals surface area (Å²) in [5, 5.41) is 3.31. The Kier molecular flexibility index (Phi) is 2.60. The van der Waals surface area contributed by atoms with Gasteiger partial charge in [-0.3, -0.25) is 0 Å². The van der Waals surface area contributed by atoms with E-state index in [0.717, 1.165) is 0 Å². The van der Waals surface area contributed by atoms with Crippen LogP contribution in [-0.4, -0.2) is 6.61 Å². The molecule has 3 heteroatoms. The van der Waals surface area contributed by atoms with E-state index in [1.807, 2.05) is 19.1 Å². The minimum Gasteiger partial charge on any atom is -0.492 e. The van der Waals surface area contributed by atoms with Gasteiger partial charge < -0.3 is 4.74 Å². The monoisotopic (exact) mass is 150 g/mol. The second-order valence-electron chi connectivity index (χ2n) is 2.01. The van der Waals surface area contributed by atoms with Crippen molar-refractivity contribution in [2.45, 2.75) is 6.92 Å². The smallest absolute Gasteiger partial charge is 0.146 e. The van der Waals surface area contributed by atoms with Gasteiger partial charge in [0.25, 0.3) is 0 Å². The van der Waals surface area contributed by atoms with E-state index in [4.69, 9.17) is 10.3 Å². The molecule has 0 spiro atoms. The molecule has 0 saturated heterocycles. The minimum absolute atomic E-state index is 0.578. The molecule has 0 fully saturated rings. The first-order chi connectivity index (χ1) is 5.38. The number of benzene rings is 1. The van der Waals surface area contributed by atoms with E-state index >= 15 is 0 Å². The molecule has 11 heavy (non-hydrogen) atoms. The zero-order valence-electron chi connectivity index (χ0n) is 6.37. The van der Waals surface area contributed by atoms with E-state index in [1.54, 1.807) is 12.1 Å². The summed E-state index contributed by atoms with van der Waals surface area (Å²) in [5.41, 5.74) is 7.39. The summed E-state index contributed by atoms with van der Waals surface area (Å²) in [6.45, 7) is 2.51. The standard InChI is InChI=1S/C8H10N2O/c1-2-11-8-6-4-3-5-7(8)10-9/h3-6,9H,2H2,1H3. The van der Waals surface area contributed by atoms with Gasteiger partial charge in [0.2, 0.25) is 0 Å². The van der Waals surface area contributed by atoms with Crippen LogP contribution in [0.4, 0.5) is 5.69 Å². The van der Waals surface area contributed by atoms with Crippen molar-refractivity contribution in [3.8, 4) is 5.75 Å². The van der Waals surface area contributed by atoms with Crippen LogP contribution in [0.25, 0.3) is 0 Å². The lowest BCUT2D eigenvalue weighted by Crippen LogP contribution is -1.90. The Morgan fingerprint density at radius 3 is 2.82 bits per heavy atom. The molecule has 1 N–H and O–H groups in total. The van der Waals surface area contributed by atoms with E-state index in [1.165, 1.54) is 0 Å². The van der Waals surface area contributed by atoms with Crippen LogP contribution in [0.5, 0.6) is 5.75 Å². The normalized spacial score (nSPS) is 9.18. The van der Waals surface area contributed by atoms with Gasteiger partial charge in [0.05, 0.1) is 6.61 Å². The summed E-state index contributed by atoms with van der Waals surface area (Å²) >= 11 is 0. The molecular formula is C8H10N2O. The number of rotatable bonds is 3. The number of nitrogens with zero attached hydrogens (tertiary/aromatic N) is 1. The van der Waals surface area contributed by atoms with Crippen molar-refractivity contribution in [3.63, 3.8) is 0 Å². The Labute approximate surface area is 65.5 Å². The van der Waals surface area contributed by atoms with Gasteiger partial charge >= 0.3 is 0 Å². The molecule has 1 aromatic rings. The molecule has 0 unspecified atom stereocenters. The van der Waals surface area contributed by atoms with Crippen LogP contribution in [0, 0.1) is 5.53 Å². The molecule has 0 aliphatic rings. The second-order valence-corrected chi connectivity index (χ2v) is 2.01. The number of hydrogen-bond acceptors (Lipinski definition) is 3. The molecule has 3 nitrogen and oxygen atoms in total. The number of para-hydroxylation sites is 2. The van der Waals surface area contributed by atoms with Gasteiger partial charge in [0.1, 0.15) is 11.4 Å². The molecule has 0 amide bonds. The molecule has 0 aliphatic carbocycles. The summed E-state index contributed by atoms with van der Waals surface area (Å²) in [6, 6.07) is 7.24. The zero-order chi connectivity index (χ0) is 8.10. The summed E-state index contributed by atoms with van der Waals surface area (Å²) in [5.74, 6) is 0.671. The fourth-order valence-corrected chi connectivity index (χ4v) is 0.827. The Hall–Kier alpha value is -1.38. The van der Waals surface area contributed by atoms with Crippen molar-refractivity contribution < 1.29 is 4.74 Å². The third-order valence-electron chi connectivity index (χ3n) is 1.29. The van der Waals surface area contributed by atoms with Crippen LogP contribution < -0.4 is 4.74 Å². The molecule has 0 bridgehead atoms. The van der Waals surface area contributed by atoms with Crippen molar-refractivity contribution in [3.05, 3.63) is 24.3 Å². The minimum atomic E-state index is 0.578. The topological polar surface area (TPSA) is 45.4 Å². The van der Waals surface area contributed by atoms with Gasteiger partial charge in [-0.2, -0.15) is 5.11 Å². The van der Waals surface area contributed by atoms with Crippen LogP contribution in [0.15, 0.2) is 29.4 Å². The van der Waals surface area contributed by atoms with Gasteiger partial charge in [-0.15, -0.1) is 0 Å². The molecule has 0 radical (unpaired) electrons. The maximum Gasteiger partial charge on any atom is 0.146 e. The lowest BCUT2D eigenvalue weighted by Gasteiger charge is -2.03. The SMILES string of the molecule is CCOc1ccccc1N=N. The molecule has 0 atom stereocenters. The summed E-state index contributed by atoms with van der Waals surface area (Å²) in [4.78, 5) is 0. The van der Waals surface area contributed by atoms with Crippen LogP contribution in [0.2, 0.25) is 0 Å². The zero-order valence-corrected chi connectivity index (χ0v) is 6.37. The second kappa shape index (κ2) is 3.71. The van der Waals surface area contributed by atoms with Crippen LogP contribution in [-0.2, 0) is 0 Å². The van der Waals surface area contributed by atoms with E-state index in [-0.39, 0.29) is 0 Å². The fraction of sp³-hybridized carbons (Fsp3) is 0.250. The maximum absolute atomic E-state index is 6.81. The van der Waals surface area contributed by atoms with Gasteiger partial charge in [-0.05, 0) is 19.1 Å². The molecule has 0 saturated carbocycles. The third-order valence-corrected chi connectivity index (χ3v) is 1.29. The Balaban J connectivity index is 2.92. The first kappa shape index (κ1) is 7.72. The van der Waals surface area contributed by atoms with E-state index < -0.39 is 0 Å². The largest absolute Gasteiger partial charge is 0.492 e. The van der Waals surface area contributed by atoms with Gasteiger partial charge in [-0.25, -0.2) is 5.53 Å². The lowest BCUT2D eigenvalue weighted by atomic mass is 10.3. The summed E-state index contributed by atoms with van der Waals surface area (Å²) < 4.78 is 5.21. The van der Waals surface area contributed by atoms with Crippen molar-refractivity contribution in [1.82, 2.24) is 0 Å². The maximum atomic E-state index is 6.81. The quantitative estimate of drug-likeness (QED) is 0.661. The van der Waals surface area contributed by atoms with E-state index in [2.05, 4.69) is 5.11 Å². The fourth-order valence-electron chi connectivity index (χ4n) is 0.827. The summed E-state index contributed by atoms with van der Waals surface area (Å²) in [6.07, 6.45) is 0. The highest BCUT2D eigenvalue weighted by Gasteiger charge is 1.97. The average Bonchev–Trinajstić information content (AvgIpc) is 2.06. The highest BCUT2D eigenvalue weighted by Crippen LogP contribution is 2.25. The molecular weight excluding hydrogens is 140 g/mol.